The molecule has 0 saturated carbocycles. The summed E-state index contributed by atoms with van der Waals surface area (Å²) >= 11 is 0. The number of carbonyl (C=O) groups is 1. The topological polar surface area (TPSA) is 83.7 Å². The van der Waals surface area contributed by atoms with E-state index in [2.05, 4.69) is 0 Å². The predicted molar refractivity (Wildman–Crippen MR) is 104 cm³/mol. The molecule has 2 N–H and O–H groups in total. The Balaban J connectivity index is 0.00000243. The van der Waals surface area contributed by atoms with Crippen LogP contribution in [0.3, 0.4) is 0 Å². The zero-order valence-corrected chi connectivity index (χ0v) is 15.9. The van der Waals surface area contributed by atoms with Crippen molar-refractivity contribution in [1.82, 2.24) is 9.21 Å². The molecule has 1 aliphatic rings. The third-order valence-electron chi connectivity index (χ3n) is 4.31. The van der Waals surface area contributed by atoms with E-state index in [0.29, 0.717) is 38.3 Å². The van der Waals surface area contributed by atoms with Crippen LogP contribution in [0.15, 0.2) is 59.5 Å². The normalized spacial score (nSPS) is 15.3. The summed E-state index contributed by atoms with van der Waals surface area (Å²) in [5.41, 5.74) is 7.21. The van der Waals surface area contributed by atoms with Gasteiger partial charge in [-0.05, 0) is 29.8 Å². The fourth-order valence-corrected chi connectivity index (χ4v) is 4.28. The van der Waals surface area contributed by atoms with E-state index >= 15 is 0 Å². The highest BCUT2D eigenvalue weighted by atomic mass is 35.5. The van der Waals surface area contributed by atoms with Gasteiger partial charge in [-0.2, -0.15) is 4.31 Å². The Bertz CT molecular complexity index is 834. The monoisotopic (exact) mass is 395 g/mol. The van der Waals surface area contributed by atoms with Gasteiger partial charge in [0, 0.05) is 31.9 Å². The lowest BCUT2D eigenvalue weighted by atomic mass is 10.1. The maximum Gasteiger partial charge on any atom is 0.243 e. The first-order chi connectivity index (χ1) is 12.0. The molecule has 2 aromatic carbocycles. The van der Waals surface area contributed by atoms with Crippen LogP contribution < -0.4 is 5.73 Å². The van der Waals surface area contributed by atoms with E-state index in [1.165, 1.54) is 4.31 Å². The van der Waals surface area contributed by atoms with Gasteiger partial charge >= 0.3 is 0 Å². The van der Waals surface area contributed by atoms with Crippen molar-refractivity contribution < 1.29 is 13.2 Å². The molecular formula is C18H22ClN3O3S. The summed E-state index contributed by atoms with van der Waals surface area (Å²) in [6.07, 6.45) is 0.297. The lowest BCUT2D eigenvalue weighted by Gasteiger charge is -2.34. The number of piperazine rings is 1. The number of sulfonamides is 1. The minimum absolute atomic E-state index is 0. The molecule has 26 heavy (non-hydrogen) atoms. The van der Waals surface area contributed by atoms with Gasteiger partial charge in [-0.3, -0.25) is 4.79 Å². The number of rotatable bonds is 4. The number of anilines is 1. The summed E-state index contributed by atoms with van der Waals surface area (Å²) in [6.45, 7) is 1.43. The van der Waals surface area contributed by atoms with Gasteiger partial charge in [-0.15, -0.1) is 12.4 Å². The number of carbonyl (C=O) groups excluding carboxylic acids is 1. The molecule has 140 valence electrons. The number of halogens is 1. The number of nitrogens with zero attached hydrogens (tertiary/aromatic N) is 2. The fourth-order valence-electron chi connectivity index (χ4n) is 2.84. The molecule has 0 aliphatic carbocycles. The van der Waals surface area contributed by atoms with Crippen molar-refractivity contribution in [2.24, 2.45) is 0 Å². The van der Waals surface area contributed by atoms with Crippen molar-refractivity contribution in [3.63, 3.8) is 0 Å². The predicted octanol–water partition coefficient (Wildman–Crippen LogP) is 1.77. The number of nitrogen functional groups attached to an aromatic ring is 1. The first kappa shape index (κ1) is 20.2. The highest BCUT2D eigenvalue weighted by molar-refractivity contribution is 7.89. The molecular weight excluding hydrogens is 374 g/mol. The van der Waals surface area contributed by atoms with E-state index in [1.807, 2.05) is 12.1 Å². The van der Waals surface area contributed by atoms with Crippen molar-refractivity contribution in [3.05, 3.63) is 60.2 Å². The Kier molecular flexibility index (Phi) is 6.63. The van der Waals surface area contributed by atoms with Crippen LogP contribution in [-0.4, -0.2) is 49.7 Å². The van der Waals surface area contributed by atoms with Crippen LogP contribution in [-0.2, 0) is 21.2 Å². The molecule has 0 unspecified atom stereocenters. The molecule has 1 fully saturated rings. The van der Waals surface area contributed by atoms with Gasteiger partial charge in [-0.25, -0.2) is 8.42 Å². The van der Waals surface area contributed by atoms with Crippen LogP contribution in [0.25, 0.3) is 0 Å². The smallest absolute Gasteiger partial charge is 0.243 e. The lowest BCUT2D eigenvalue weighted by Crippen LogP contribution is -2.50. The average Bonchev–Trinajstić information content (AvgIpc) is 2.64. The maximum atomic E-state index is 12.6. The summed E-state index contributed by atoms with van der Waals surface area (Å²) in [6, 6.07) is 15.6. The van der Waals surface area contributed by atoms with Crippen LogP contribution in [0.1, 0.15) is 5.56 Å². The highest BCUT2D eigenvalue weighted by Gasteiger charge is 2.29. The van der Waals surface area contributed by atoms with Gasteiger partial charge in [0.15, 0.2) is 0 Å². The van der Waals surface area contributed by atoms with Crippen molar-refractivity contribution in [2.45, 2.75) is 11.3 Å². The molecule has 8 heteroatoms. The molecule has 0 radical (unpaired) electrons. The van der Waals surface area contributed by atoms with Crippen molar-refractivity contribution in [3.8, 4) is 0 Å². The first-order valence-corrected chi connectivity index (χ1v) is 9.58. The number of hydrogen-bond donors (Lipinski definition) is 1. The fraction of sp³-hybridized carbons (Fsp3) is 0.278. The molecule has 0 bridgehead atoms. The zero-order valence-electron chi connectivity index (χ0n) is 14.2. The Morgan fingerprint density at radius 2 is 1.50 bits per heavy atom. The third-order valence-corrected chi connectivity index (χ3v) is 6.22. The SMILES string of the molecule is Cl.Nc1ccc(CC(=O)N2CCN(S(=O)(=O)c3ccccc3)CC2)cc1. The van der Waals surface area contributed by atoms with Crippen molar-refractivity contribution >= 4 is 34.0 Å². The quantitative estimate of drug-likeness (QED) is 0.799. The largest absolute Gasteiger partial charge is 0.399 e. The number of nitrogens with two attached hydrogens (primary N) is 1. The van der Waals surface area contributed by atoms with E-state index in [-0.39, 0.29) is 23.2 Å². The van der Waals surface area contributed by atoms with E-state index in [9.17, 15) is 13.2 Å². The minimum Gasteiger partial charge on any atom is -0.399 e. The molecule has 0 aromatic heterocycles. The van der Waals surface area contributed by atoms with Gasteiger partial charge in [0.05, 0.1) is 11.3 Å². The molecule has 1 heterocycles. The zero-order chi connectivity index (χ0) is 17.9. The van der Waals surface area contributed by atoms with Crippen LogP contribution in [0.2, 0.25) is 0 Å². The Hall–Kier alpha value is -2.09. The van der Waals surface area contributed by atoms with Crippen LogP contribution in [0, 0.1) is 0 Å². The van der Waals surface area contributed by atoms with Crippen LogP contribution in [0.4, 0.5) is 5.69 Å². The van der Waals surface area contributed by atoms with Gasteiger partial charge in [0.1, 0.15) is 0 Å². The first-order valence-electron chi connectivity index (χ1n) is 8.14. The van der Waals surface area contributed by atoms with Gasteiger partial charge < -0.3 is 10.6 Å². The van der Waals surface area contributed by atoms with Gasteiger partial charge in [0.25, 0.3) is 0 Å². The number of amides is 1. The highest BCUT2D eigenvalue weighted by Crippen LogP contribution is 2.17. The Labute approximate surface area is 160 Å². The molecule has 1 aliphatic heterocycles. The molecule has 3 rings (SSSR count). The van der Waals surface area contributed by atoms with Crippen LogP contribution in [0.5, 0.6) is 0 Å². The van der Waals surface area contributed by atoms with Crippen LogP contribution >= 0.6 is 12.4 Å². The second-order valence-electron chi connectivity index (χ2n) is 6.02. The molecule has 0 spiro atoms. The van der Waals surface area contributed by atoms with E-state index < -0.39 is 10.0 Å². The van der Waals surface area contributed by atoms with Gasteiger partial charge in [0.2, 0.25) is 15.9 Å². The minimum atomic E-state index is -3.49. The molecule has 1 amide bonds. The summed E-state index contributed by atoms with van der Waals surface area (Å²) in [7, 11) is -3.49. The second-order valence-corrected chi connectivity index (χ2v) is 7.95. The van der Waals surface area contributed by atoms with E-state index in [0.717, 1.165) is 5.56 Å². The second kappa shape index (κ2) is 8.53. The summed E-state index contributed by atoms with van der Waals surface area (Å²) < 4.78 is 26.6. The Morgan fingerprint density at radius 1 is 0.923 bits per heavy atom. The maximum absolute atomic E-state index is 12.6. The molecule has 0 atom stereocenters. The summed E-state index contributed by atoms with van der Waals surface area (Å²) in [4.78, 5) is 14.4. The van der Waals surface area contributed by atoms with Crippen molar-refractivity contribution in [1.29, 1.82) is 0 Å². The summed E-state index contributed by atoms with van der Waals surface area (Å²) in [5.74, 6) is 0.00142. The lowest BCUT2D eigenvalue weighted by molar-refractivity contribution is -0.131. The summed E-state index contributed by atoms with van der Waals surface area (Å²) in [5, 5.41) is 0. The Morgan fingerprint density at radius 3 is 2.08 bits per heavy atom. The van der Waals surface area contributed by atoms with Crippen molar-refractivity contribution in [2.75, 3.05) is 31.9 Å². The third kappa shape index (κ3) is 4.55. The molecule has 1 saturated heterocycles. The average molecular weight is 396 g/mol. The van der Waals surface area contributed by atoms with Gasteiger partial charge in [-0.1, -0.05) is 30.3 Å². The van der Waals surface area contributed by atoms with E-state index in [1.54, 1.807) is 47.4 Å². The number of hydrogen-bond acceptors (Lipinski definition) is 4. The number of benzene rings is 2. The van der Waals surface area contributed by atoms with E-state index in [4.69, 9.17) is 5.73 Å². The molecule has 6 nitrogen and oxygen atoms in total. The standard InChI is InChI=1S/C18H21N3O3S.ClH/c19-16-8-6-15(7-9-16)14-18(22)20-10-12-21(13-11-20)25(23,24)17-4-2-1-3-5-17;/h1-9H,10-14,19H2;1H. The molecule has 2 aromatic rings.